The van der Waals surface area contributed by atoms with Crippen LogP contribution in [-0.2, 0) is 23.1 Å². The fourth-order valence-corrected chi connectivity index (χ4v) is 1.85. The van der Waals surface area contributed by atoms with Crippen molar-refractivity contribution in [2.24, 2.45) is 13.0 Å². The fraction of sp³-hybridized carbons (Fsp3) is 0.636. The third-order valence-corrected chi connectivity index (χ3v) is 2.91. The van der Waals surface area contributed by atoms with Crippen LogP contribution in [0.15, 0.2) is 6.20 Å². The maximum absolute atomic E-state index is 10.9. The van der Waals surface area contributed by atoms with E-state index in [-0.39, 0.29) is 12.2 Å². The Morgan fingerprint density at radius 2 is 2.59 bits per heavy atom. The van der Waals surface area contributed by atoms with Crippen molar-refractivity contribution in [2.75, 3.05) is 19.8 Å². The summed E-state index contributed by atoms with van der Waals surface area (Å²) in [5.41, 5.74) is 0.798. The highest BCUT2D eigenvalue weighted by Crippen LogP contribution is 2.14. The smallest absolute Gasteiger partial charge is 0.339 e. The van der Waals surface area contributed by atoms with E-state index in [9.17, 15) is 4.79 Å². The number of carbonyl (C=O) groups is 1. The Morgan fingerprint density at radius 1 is 1.76 bits per heavy atom. The van der Waals surface area contributed by atoms with Crippen molar-refractivity contribution in [1.82, 2.24) is 9.78 Å². The van der Waals surface area contributed by atoms with Gasteiger partial charge < -0.3 is 14.6 Å². The van der Waals surface area contributed by atoms with Gasteiger partial charge >= 0.3 is 5.97 Å². The van der Waals surface area contributed by atoms with Gasteiger partial charge in [0.2, 0.25) is 0 Å². The molecular formula is C11H16N2O4. The molecule has 0 amide bonds. The molecule has 1 saturated heterocycles. The van der Waals surface area contributed by atoms with E-state index in [0.717, 1.165) is 19.6 Å². The van der Waals surface area contributed by atoms with Gasteiger partial charge in [0.15, 0.2) is 0 Å². The summed E-state index contributed by atoms with van der Waals surface area (Å²) in [6.45, 7) is 2.40. The summed E-state index contributed by atoms with van der Waals surface area (Å²) < 4.78 is 12.3. The van der Waals surface area contributed by atoms with Crippen molar-refractivity contribution in [1.29, 1.82) is 0 Å². The first-order valence-corrected chi connectivity index (χ1v) is 5.58. The molecule has 0 saturated carbocycles. The average molecular weight is 240 g/mol. The first-order valence-electron chi connectivity index (χ1n) is 5.58. The molecule has 1 N–H and O–H groups in total. The van der Waals surface area contributed by atoms with Crippen molar-refractivity contribution >= 4 is 5.97 Å². The van der Waals surface area contributed by atoms with Crippen molar-refractivity contribution in [3.05, 3.63) is 17.5 Å². The maximum atomic E-state index is 10.9. The van der Waals surface area contributed by atoms with E-state index < -0.39 is 5.97 Å². The van der Waals surface area contributed by atoms with E-state index in [1.807, 2.05) is 0 Å². The molecule has 1 unspecified atom stereocenters. The van der Waals surface area contributed by atoms with Gasteiger partial charge in [0.05, 0.1) is 31.7 Å². The molecule has 1 aromatic rings. The zero-order chi connectivity index (χ0) is 12.3. The van der Waals surface area contributed by atoms with Crippen LogP contribution in [0.3, 0.4) is 0 Å². The lowest BCUT2D eigenvalue weighted by molar-refractivity contribution is 0.0656. The molecule has 17 heavy (non-hydrogen) atoms. The summed E-state index contributed by atoms with van der Waals surface area (Å²) in [6, 6.07) is 0. The van der Waals surface area contributed by atoms with Crippen LogP contribution >= 0.6 is 0 Å². The molecule has 1 aromatic heterocycles. The van der Waals surface area contributed by atoms with Crippen LogP contribution in [-0.4, -0.2) is 40.7 Å². The molecule has 0 spiro atoms. The highest BCUT2D eigenvalue weighted by atomic mass is 16.5. The molecule has 2 heterocycles. The Labute approximate surface area is 99.1 Å². The number of aryl methyl sites for hydroxylation is 1. The monoisotopic (exact) mass is 240 g/mol. The molecule has 6 nitrogen and oxygen atoms in total. The number of nitrogens with zero attached hydrogens (tertiary/aromatic N) is 2. The number of rotatable bonds is 5. The molecule has 1 aliphatic heterocycles. The standard InChI is InChI=1S/C11H16N2O4/c1-13-10(9(4-12-13)11(14)15)7-17-6-8-2-3-16-5-8/h4,8H,2-3,5-7H2,1H3,(H,14,15). The van der Waals surface area contributed by atoms with E-state index in [4.69, 9.17) is 14.6 Å². The molecule has 1 atom stereocenters. The van der Waals surface area contributed by atoms with Crippen molar-refractivity contribution in [2.45, 2.75) is 13.0 Å². The zero-order valence-corrected chi connectivity index (χ0v) is 9.76. The van der Waals surface area contributed by atoms with Gasteiger partial charge in [-0.05, 0) is 6.42 Å². The van der Waals surface area contributed by atoms with Gasteiger partial charge in [0.1, 0.15) is 5.56 Å². The van der Waals surface area contributed by atoms with Gasteiger partial charge in [-0.25, -0.2) is 4.79 Å². The van der Waals surface area contributed by atoms with Crippen LogP contribution in [0.4, 0.5) is 0 Å². The number of hydrogen-bond acceptors (Lipinski definition) is 4. The first kappa shape index (κ1) is 12.1. The Balaban J connectivity index is 1.89. The Morgan fingerprint density at radius 3 is 3.24 bits per heavy atom. The van der Waals surface area contributed by atoms with Crippen LogP contribution < -0.4 is 0 Å². The second kappa shape index (κ2) is 5.29. The molecule has 1 aliphatic rings. The quantitative estimate of drug-likeness (QED) is 0.819. The summed E-state index contributed by atoms with van der Waals surface area (Å²) in [6.07, 6.45) is 2.36. The largest absolute Gasteiger partial charge is 0.478 e. The van der Waals surface area contributed by atoms with E-state index >= 15 is 0 Å². The maximum Gasteiger partial charge on any atom is 0.339 e. The molecule has 1 fully saturated rings. The summed E-state index contributed by atoms with van der Waals surface area (Å²) in [5.74, 6) is -0.544. The van der Waals surface area contributed by atoms with Crippen LogP contribution in [0.5, 0.6) is 0 Å². The predicted octanol–water partition coefficient (Wildman–Crippen LogP) is 0.671. The minimum absolute atomic E-state index is 0.204. The minimum atomic E-state index is -0.971. The number of ether oxygens (including phenoxy) is 2. The number of aromatic nitrogens is 2. The molecular weight excluding hydrogens is 224 g/mol. The number of carboxylic acids is 1. The van der Waals surface area contributed by atoms with Crippen LogP contribution in [0, 0.1) is 5.92 Å². The van der Waals surface area contributed by atoms with Crippen molar-refractivity contribution in [3.8, 4) is 0 Å². The molecule has 0 aliphatic carbocycles. The van der Waals surface area contributed by atoms with Gasteiger partial charge in [-0.2, -0.15) is 5.10 Å². The van der Waals surface area contributed by atoms with Crippen LogP contribution in [0.25, 0.3) is 0 Å². The average Bonchev–Trinajstić information content (AvgIpc) is 2.89. The van der Waals surface area contributed by atoms with Crippen LogP contribution in [0.1, 0.15) is 22.5 Å². The third-order valence-electron chi connectivity index (χ3n) is 2.91. The predicted molar refractivity (Wildman–Crippen MR) is 58.7 cm³/mol. The molecule has 2 rings (SSSR count). The van der Waals surface area contributed by atoms with Crippen molar-refractivity contribution in [3.63, 3.8) is 0 Å². The van der Waals surface area contributed by atoms with Gasteiger partial charge in [-0.15, -0.1) is 0 Å². The van der Waals surface area contributed by atoms with Gasteiger partial charge in [-0.3, -0.25) is 4.68 Å². The summed E-state index contributed by atoms with van der Waals surface area (Å²) in [7, 11) is 1.71. The third kappa shape index (κ3) is 2.83. The number of aromatic carboxylic acids is 1. The van der Waals surface area contributed by atoms with E-state index in [2.05, 4.69) is 5.10 Å². The second-order valence-electron chi connectivity index (χ2n) is 4.18. The molecule has 6 heteroatoms. The first-order chi connectivity index (χ1) is 8.18. The lowest BCUT2D eigenvalue weighted by Gasteiger charge is -2.09. The van der Waals surface area contributed by atoms with E-state index in [1.54, 1.807) is 7.05 Å². The van der Waals surface area contributed by atoms with Crippen molar-refractivity contribution < 1.29 is 19.4 Å². The zero-order valence-electron chi connectivity index (χ0n) is 9.76. The molecule has 0 bridgehead atoms. The Bertz CT molecular complexity index is 396. The van der Waals surface area contributed by atoms with Gasteiger partial charge in [0, 0.05) is 19.6 Å². The Hall–Kier alpha value is -1.40. The summed E-state index contributed by atoms with van der Waals surface area (Å²) in [4.78, 5) is 10.9. The topological polar surface area (TPSA) is 73.6 Å². The lowest BCUT2D eigenvalue weighted by Crippen LogP contribution is -2.12. The highest BCUT2D eigenvalue weighted by molar-refractivity contribution is 5.88. The summed E-state index contributed by atoms with van der Waals surface area (Å²) in [5, 5.41) is 12.9. The highest BCUT2D eigenvalue weighted by Gasteiger charge is 2.18. The normalized spacial score (nSPS) is 19.7. The minimum Gasteiger partial charge on any atom is -0.478 e. The van der Waals surface area contributed by atoms with E-state index in [0.29, 0.717) is 18.2 Å². The molecule has 0 radical (unpaired) electrons. The number of carboxylic acid groups (broad SMARTS) is 1. The lowest BCUT2D eigenvalue weighted by atomic mass is 10.1. The number of hydrogen-bond donors (Lipinski definition) is 1. The summed E-state index contributed by atoms with van der Waals surface area (Å²) >= 11 is 0. The second-order valence-corrected chi connectivity index (χ2v) is 4.18. The fourth-order valence-electron chi connectivity index (χ4n) is 1.85. The molecule has 0 aromatic carbocycles. The van der Waals surface area contributed by atoms with Crippen LogP contribution in [0.2, 0.25) is 0 Å². The molecule has 94 valence electrons. The van der Waals surface area contributed by atoms with Gasteiger partial charge in [0.25, 0.3) is 0 Å². The van der Waals surface area contributed by atoms with Gasteiger partial charge in [-0.1, -0.05) is 0 Å². The Kier molecular flexibility index (Phi) is 3.75. The van der Waals surface area contributed by atoms with E-state index in [1.165, 1.54) is 10.9 Å². The SMILES string of the molecule is Cn1ncc(C(=O)O)c1COCC1CCOC1.